The van der Waals surface area contributed by atoms with Crippen LogP contribution in [0.2, 0.25) is 0 Å². The third-order valence-corrected chi connectivity index (χ3v) is 1.39. The smallest absolute Gasteiger partial charge is 0.512 e. The Hall–Kier alpha value is -1.33. The fraction of sp³-hybridized carbons (Fsp3) is 0. The highest BCUT2D eigenvalue weighted by molar-refractivity contribution is 6.34. The molecular weight excluding hydrogens is 174 g/mol. The average Bonchev–Trinajstić information content (AvgIpc) is 2.03. The lowest BCUT2D eigenvalue weighted by atomic mass is 10.1. The van der Waals surface area contributed by atoms with Crippen molar-refractivity contribution in [1.82, 2.24) is 0 Å². The molecule has 0 heterocycles. The Labute approximate surface area is 75.3 Å². The average molecular weight is 182 g/mol. The van der Waals surface area contributed by atoms with E-state index in [-0.39, 0.29) is 5.76 Å². The summed E-state index contributed by atoms with van der Waals surface area (Å²) in [6, 6.07) is 5.48. The third-order valence-electron chi connectivity index (χ3n) is 1.39. The van der Waals surface area contributed by atoms with E-state index in [4.69, 9.17) is 10.0 Å². The van der Waals surface area contributed by atoms with E-state index in [1.165, 1.54) is 18.2 Å². The van der Waals surface area contributed by atoms with E-state index in [1.54, 1.807) is 6.07 Å². The quantitative estimate of drug-likeness (QED) is 0.536. The molecular formula is C8H8BFO3. The highest BCUT2D eigenvalue weighted by atomic mass is 19.1. The highest BCUT2D eigenvalue weighted by Crippen LogP contribution is 2.14. The summed E-state index contributed by atoms with van der Waals surface area (Å²) in [5.74, 6) is -0.427. The molecule has 0 atom stereocenters. The lowest BCUT2D eigenvalue weighted by Crippen LogP contribution is -2.15. The molecule has 0 aliphatic rings. The topological polar surface area (TPSA) is 49.7 Å². The maximum atomic E-state index is 12.6. The van der Waals surface area contributed by atoms with Crippen LogP contribution in [-0.2, 0) is 4.65 Å². The lowest BCUT2D eigenvalue weighted by Gasteiger charge is -2.07. The van der Waals surface area contributed by atoms with Crippen LogP contribution in [0.15, 0.2) is 30.8 Å². The first-order chi connectivity index (χ1) is 6.09. The van der Waals surface area contributed by atoms with Gasteiger partial charge in [0.2, 0.25) is 0 Å². The van der Waals surface area contributed by atoms with Gasteiger partial charge in [-0.2, -0.15) is 0 Å². The molecule has 0 fully saturated rings. The summed E-state index contributed by atoms with van der Waals surface area (Å²) in [6.07, 6.45) is 0. The Morgan fingerprint density at radius 3 is 2.69 bits per heavy atom. The molecule has 0 unspecified atom stereocenters. The van der Waals surface area contributed by atoms with Crippen molar-refractivity contribution in [2.45, 2.75) is 0 Å². The van der Waals surface area contributed by atoms with E-state index < -0.39 is 13.1 Å². The molecule has 1 aromatic rings. The van der Waals surface area contributed by atoms with E-state index in [2.05, 4.69) is 11.2 Å². The molecule has 13 heavy (non-hydrogen) atoms. The molecule has 0 amide bonds. The minimum absolute atomic E-state index is 0.00880. The van der Waals surface area contributed by atoms with E-state index in [0.29, 0.717) is 5.56 Å². The van der Waals surface area contributed by atoms with Crippen LogP contribution in [0.1, 0.15) is 5.56 Å². The van der Waals surface area contributed by atoms with Gasteiger partial charge in [-0.15, -0.1) is 0 Å². The van der Waals surface area contributed by atoms with Crippen molar-refractivity contribution in [2.24, 2.45) is 0 Å². The summed E-state index contributed by atoms with van der Waals surface area (Å²) in [7, 11) is -1.93. The molecule has 2 N–H and O–H groups in total. The predicted octanol–water partition coefficient (Wildman–Crippen LogP) is 0.782. The van der Waals surface area contributed by atoms with E-state index in [9.17, 15) is 4.39 Å². The van der Waals surface area contributed by atoms with Crippen molar-refractivity contribution in [1.29, 1.82) is 0 Å². The van der Waals surface area contributed by atoms with Crippen LogP contribution in [0, 0.1) is 5.82 Å². The lowest BCUT2D eigenvalue weighted by molar-refractivity contribution is 0.271. The van der Waals surface area contributed by atoms with Gasteiger partial charge in [0.1, 0.15) is 11.6 Å². The largest absolute Gasteiger partial charge is 0.707 e. The van der Waals surface area contributed by atoms with Crippen molar-refractivity contribution in [2.75, 3.05) is 0 Å². The van der Waals surface area contributed by atoms with Crippen LogP contribution >= 0.6 is 0 Å². The Morgan fingerprint density at radius 2 is 2.15 bits per heavy atom. The van der Waals surface area contributed by atoms with Crippen LogP contribution in [0.25, 0.3) is 5.76 Å². The molecule has 0 aliphatic heterocycles. The molecule has 0 spiro atoms. The second-order valence-corrected chi connectivity index (χ2v) is 2.38. The maximum Gasteiger partial charge on any atom is 0.707 e. The third kappa shape index (κ3) is 2.89. The van der Waals surface area contributed by atoms with Gasteiger partial charge in [-0.3, -0.25) is 0 Å². The molecule has 0 saturated carbocycles. The molecule has 1 rings (SSSR count). The first-order valence-electron chi connectivity index (χ1n) is 3.57. The molecule has 0 saturated heterocycles. The minimum Gasteiger partial charge on any atom is -0.512 e. The van der Waals surface area contributed by atoms with Crippen LogP contribution < -0.4 is 0 Å². The maximum absolute atomic E-state index is 12.6. The molecule has 0 aliphatic carbocycles. The Balaban J connectivity index is 2.77. The van der Waals surface area contributed by atoms with E-state index >= 15 is 0 Å². The van der Waals surface area contributed by atoms with Crippen LogP contribution in [0.4, 0.5) is 4.39 Å². The zero-order valence-corrected chi connectivity index (χ0v) is 6.77. The number of halogens is 1. The fourth-order valence-corrected chi connectivity index (χ4v) is 0.857. The highest BCUT2D eigenvalue weighted by Gasteiger charge is 2.13. The summed E-state index contributed by atoms with van der Waals surface area (Å²) >= 11 is 0. The summed E-state index contributed by atoms with van der Waals surface area (Å²) < 4.78 is 17.1. The van der Waals surface area contributed by atoms with Crippen LogP contribution in [0.5, 0.6) is 0 Å². The van der Waals surface area contributed by atoms with Gasteiger partial charge in [0, 0.05) is 5.56 Å². The Bertz CT molecular complexity index is 314. The minimum atomic E-state index is -1.93. The molecule has 5 heteroatoms. The Kier molecular flexibility index (Phi) is 3.05. The molecule has 68 valence electrons. The summed E-state index contributed by atoms with van der Waals surface area (Å²) in [5.41, 5.74) is 0.369. The molecule has 0 radical (unpaired) electrons. The predicted molar refractivity (Wildman–Crippen MR) is 46.7 cm³/mol. The second-order valence-electron chi connectivity index (χ2n) is 2.38. The van der Waals surface area contributed by atoms with Gasteiger partial charge >= 0.3 is 7.32 Å². The Morgan fingerprint density at radius 1 is 1.46 bits per heavy atom. The summed E-state index contributed by atoms with van der Waals surface area (Å²) in [6.45, 7) is 3.40. The van der Waals surface area contributed by atoms with Crippen LogP contribution in [-0.4, -0.2) is 17.4 Å². The number of rotatable bonds is 3. The normalized spacial score (nSPS) is 9.46. The molecule has 1 aromatic carbocycles. The first-order valence-corrected chi connectivity index (χ1v) is 3.57. The monoisotopic (exact) mass is 182 g/mol. The van der Waals surface area contributed by atoms with Crippen molar-refractivity contribution < 1.29 is 19.1 Å². The fourth-order valence-electron chi connectivity index (χ4n) is 0.857. The van der Waals surface area contributed by atoms with Gasteiger partial charge < -0.3 is 14.7 Å². The number of hydrogen-bond donors (Lipinski definition) is 2. The van der Waals surface area contributed by atoms with Gasteiger partial charge in [0.25, 0.3) is 0 Å². The van der Waals surface area contributed by atoms with Crippen LogP contribution in [0.3, 0.4) is 0 Å². The van der Waals surface area contributed by atoms with E-state index in [0.717, 1.165) is 0 Å². The number of hydrogen-bond acceptors (Lipinski definition) is 3. The van der Waals surface area contributed by atoms with Gasteiger partial charge in [-0.1, -0.05) is 18.7 Å². The molecule has 0 aromatic heterocycles. The zero-order valence-electron chi connectivity index (χ0n) is 6.77. The van der Waals surface area contributed by atoms with Crippen molar-refractivity contribution >= 4 is 13.1 Å². The van der Waals surface area contributed by atoms with Gasteiger partial charge in [-0.25, -0.2) is 4.39 Å². The van der Waals surface area contributed by atoms with Gasteiger partial charge in [-0.05, 0) is 12.1 Å². The molecule has 3 nitrogen and oxygen atoms in total. The zero-order chi connectivity index (χ0) is 9.84. The summed E-state index contributed by atoms with van der Waals surface area (Å²) in [5, 5.41) is 16.9. The van der Waals surface area contributed by atoms with E-state index in [1.807, 2.05) is 0 Å². The van der Waals surface area contributed by atoms with Crippen molar-refractivity contribution in [3.63, 3.8) is 0 Å². The second kappa shape index (κ2) is 4.07. The standard InChI is InChI=1S/C8H8BFO3/c1-6(13-9(11)12)7-3-2-4-8(10)5-7/h2-5,11-12H,1H2. The van der Waals surface area contributed by atoms with Gasteiger partial charge in [0.15, 0.2) is 0 Å². The van der Waals surface area contributed by atoms with Gasteiger partial charge in [0.05, 0.1) is 0 Å². The summed E-state index contributed by atoms with van der Waals surface area (Å²) in [4.78, 5) is 0. The first kappa shape index (κ1) is 9.76. The molecule has 0 bridgehead atoms. The van der Waals surface area contributed by atoms with Crippen molar-refractivity contribution in [3.8, 4) is 0 Å². The number of benzene rings is 1. The van der Waals surface area contributed by atoms with Crippen molar-refractivity contribution in [3.05, 3.63) is 42.2 Å². The SMILES string of the molecule is C=C(OB(O)O)c1cccc(F)c1.